The van der Waals surface area contributed by atoms with Crippen molar-refractivity contribution in [2.24, 2.45) is 0 Å². The molecule has 3 aliphatic heterocycles. The van der Waals surface area contributed by atoms with Crippen LogP contribution in [0, 0.1) is 0 Å². The Labute approximate surface area is 99.9 Å². The number of nitrogens with zero attached hydrogens (tertiary/aromatic N) is 1. The maximum Gasteiger partial charge on any atom is 0.332 e. The largest absolute Gasteiger partial charge is 0.449 e. The second kappa shape index (κ2) is 3.00. The quantitative estimate of drug-likeness (QED) is 0.623. The van der Waals surface area contributed by atoms with Gasteiger partial charge < -0.3 is 9.47 Å². The van der Waals surface area contributed by atoms with Gasteiger partial charge in [0.05, 0.1) is 12.1 Å². The second-order valence-corrected chi connectivity index (χ2v) is 5.35. The molecule has 0 aromatic rings. The molecule has 1 spiro atoms. The Bertz CT molecular complexity index is 456. The van der Waals surface area contributed by atoms with Gasteiger partial charge in [-0.05, 0) is 6.42 Å². The van der Waals surface area contributed by atoms with E-state index in [-0.39, 0.29) is 17.7 Å². The average Bonchev–Trinajstić information content (AvgIpc) is 2.92. The molecule has 0 radical (unpaired) electrons. The molecule has 2 bridgehead atoms. The van der Waals surface area contributed by atoms with Crippen LogP contribution in [0.25, 0.3) is 0 Å². The van der Waals surface area contributed by atoms with Crippen LogP contribution in [0.3, 0.4) is 0 Å². The van der Waals surface area contributed by atoms with E-state index in [0.717, 1.165) is 25.0 Å². The van der Waals surface area contributed by atoms with Crippen molar-refractivity contribution in [2.75, 3.05) is 13.7 Å². The summed E-state index contributed by atoms with van der Waals surface area (Å²) in [7, 11) is 1.76. The van der Waals surface area contributed by atoms with Crippen molar-refractivity contribution in [1.82, 2.24) is 4.90 Å². The third-order valence-corrected chi connectivity index (χ3v) is 4.65. The number of rotatable bonds is 1. The van der Waals surface area contributed by atoms with Crippen molar-refractivity contribution in [3.63, 3.8) is 0 Å². The third-order valence-electron chi connectivity index (χ3n) is 4.65. The van der Waals surface area contributed by atoms with E-state index >= 15 is 0 Å². The summed E-state index contributed by atoms with van der Waals surface area (Å²) < 4.78 is 11.1. The Hall–Kier alpha value is -1.13. The van der Waals surface area contributed by atoms with Gasteiger partial charge in [-0.3, -0.25) is 4.90 Å². The molecule has 2 saturated heterocycles. The van der Waals surface area contributed by atoms with Gasteiger partial charge in [0.25, 0.3) is 0 Å². The number of hydrogen-bond donors (Lipinski definition) is 0. The highest BCUT2D eigenvalue weighted by Gasteiger charge is 2.62. The summed E-state index contributed by atoms with van der Waals surface area (Å²) in [4.78, 5) is 14.0. The first kappa shape index (κ1) is 9.85. The average molecular weight is 233 g/mol. The number of carbonyl (C=O) groups is 1. The summed E-state index contributed by atoms with van der Waals surface area (Å²) >= 11 is 0. The second-order valence-electron chi connectivity index (χ2n) is 5.35. The molecule has 2 fully saturated rings. The summed E-state index contributed by atoms with van der Waals surface area (Å²) in [5.41, 5.74) is 0.687. The van der Waals surface area contributed by atoms with Crippen LogP contribution in [-0.2, 0) is 14.3 Å². The predicted octanol–water partition coefficient (Wildman–Crippen LogP) is 0.640. The smallest absolute Gasteiger partial charge is 0.332 e. The fourth-order valence-electron chi connectivity index (χ4n) is 3.90. The van der Waals surface area contributed by atoms with Gasteiger partial charge in [-0.2, -0.15) is 0 Å². The molecule has 0 saturated carbocycles. The first-order valence-corrected chi connectivity index (χ1v) is 6.15. The molecule has 4 nitrogen and oxygen atoms in total. The van der Waals surface area contributed by atoms with Crippen LogP contribution >= 0.6 is 0 Å². The number of hydrogen-bond acceptors (Lipinski definition) is 4. The lowest BCUT2D eigenvalue weighted by atomic mass is 9.81. The first-order chi connectivity index (χ1) is 8.23. The Balaban J connectivity index is 1.78. The highest BCUT2D eigenvalue weighted by Crippen LogP contribution is 2.52. The summed E-state index contributed by atoms with van der Waals surface area (Å²) in [6.45, 7) is 0.947. The fourth-order valence-corrected chi connectivity index (χ4v) is 3.90. The van der Waals surface area contributed by atoms with Gasteiger partial charge in [0, 0.05) is 37.8 Å². The minimum absolute atomic E-state index is 0.187. The minimum atomic E-state index is -0.371. The highest BCUT2D eigenvalue weighted by molar-refractivity contribution is 5.88. The maximum atomic E-state index is 11.5. The van der Waals surface area contributed by atoms with E-state index in [2.05, 4.69) is 17.1 Å². The van der Waals surface area contributed by atoms with Crippen molar-refractivity contribution in [3.8, 4) is 0 Å². The number of methoxy groups -OCH3 is 1. The number of ether oxygens (including phenoxy) is 2. The Morgan fingerprint density at radius 2 is 2.47 bits per heavy atom. The molecule has 17 heavy (non-hydrogen) atoms. The van der Waals surface area contributed by atoms with E-state index in [9.17, 15) is 4.79 Å². The van der Waals surface area contributed by atoms with Crippen molar-refractivity contribution in [1.29, 1.82) is 0 Å². The molecule has 0 unspecified atom stereocenters. The molecule has 4 heteroatoms. The van der Waals surface area contributed by atoms with Gasteiger partial charge in [0.1, 0.15) is 0 Å². The molecule has 4 atom stereocenters. The molecular formula is C13H15NO3. The molecule has 3 heterocycles. The van der Waals surface area contributed by atoms with Gasteiger partial charge >= 0.3 is 5.97 Å². The molecule has 1 aliphatic carbocycles. The van der Waals surface area contributed by atoms with Crippen LogP contribution in [-0.4, -0.2) is 48.3 Å². The van der Waals surface area contributed by atoms with E-state index in [1.54, 1.807) is 13.2 Å². The maximum absolute atomic E-state index is 11.5. The lowest BCUT2D eigenvalue weighted by Gasteiger charge is -2.31. The lowest BCUT2D eigenvalue weighted by molar-refractivity contribution is -0.147. The number of fused-ring (bicyclic) bond motifs is 3. The van der Waals surface area contributed by atoms with Gasteiger partial charge in [-0.15, -0.1) is 0 Å². The molecule has 0 amide bonds. The van der Waals surface area contributed by atoms with Crippen molar-refractivity contribution in [3.05, 3.63) is 23.8 Å². The van der Waals surface area contributed by atoms with E-state index in [4.69, 9.17) is 9.47 Å². The molecule has 0 aromatic carbocycles. The van der Waals surface area contributed by atoms with Crippen LogP contribution in [0.15, 0.2) is 23.8 Å². The summed E-state index contributed by atoms with van der Waals surface area (Å²) in [5, 5.41) is 0. The zero-order valence-corrected chi connectivity index (χ0v) is 9.76. The van der Waals surface area contributed by atoms with Gasteiger partial charge in [-0.25, -0.2) is 4.79 Å². The van der Waals surface area contributed by atoms with Gasteiger partial charge in [-0.1, -0.05) is 12.2 Å². The number of carbonyl (C=O) groups excluding carboxylic acids is 1. The zero-order valence-electron chi connectivity index (χ0n) is 9.76. The van der Waals surface area contributed by atoms with E-state index in [0.29, 0.717) is 12.1 Å². The van der Waals surface area contributed by atoms with Crippen LogP contribution in [0.5, 0.6) is 0 Å². The summed E-state index contributed by atoms with van der Waals surface area (Å²) in [6, 6.07) is 0.702. The van der Waals surface area contributed by atoms with Crippen LogP contribution < -0.4 is 0 Å². The molecule has 0 N–H and O–H groups in total. The Morgan fingerprint density at radius 3 is 3.29 bits per heavy atom. The minimum Gasteiger partial charge on any atom is -0.449 e. The zero-order chi connectivity index (χ0) is 11.6. The van der Waals surface area contributed by atoms with Gasteiger partial charge in [0.2, 0.25) is 0 Å². The van der Waals surface area contributed by atoms with Crippen LogP contribution in [0.4, 0.5) is 0 Å². The lowest BCUT2D eigenvalue weighted by Crippen LogP contribution is -2.43. The summed E-state index contributed by atoms with van der Waals surface area (Å²) in [5.74, 6) is -0.187. The monoisotopic (exact) mass is 233 g/mol. The van der Waals surface area contributed by atoms with Gasteiger partial charge in [0.15, 0.2) is 5.60 Å². The SMILES string of the molecule is CO[C@H]1C[C@H]2N(C1)[C@H]1C=CC3=CC(=O)O[C@]32C1. The molecule has 90 valence electrons. The molecule has 0 aromatic heterocycles. The van der Waals surface area contributed by atoms with Crippen LogP contribution in [0.1, 0.15) is 12.8 Å². The van der Waals surface area contributed by atoms with E-state index in [1.165, 1.54) is 0 Å². The van der Waals surface area contributed by atoms with E-state index in [1.807, 2.05) is 0 Å². The molecular weight excluding hydrogens is 218 g/mol. The van der Waals surface area contributed by atoms with Crippen molar-refractivity contribution in [2.45, 2.75) is 36.6 Å². The van der Waals surface area contributed by atoms with Crippen LogP contribution in [0.2, 0.25) is 0 Å². The molecule has 4 aliphatic rings. The first-order valence-electron chi connectivity index (χ1n) is 6.15. The predicted molar refractivity (Wildman–Crippen MR) is 60.4 cm³/mol. The number of esters is 1. The topological polar surface area (TPSA) is 38.8 Å². The van der Waals surface area contributed by atoms with E-state index < -0.39 is 0 Å². The molecule has 4 rings (SSSR count). The van der Waals surface area contributed by atoms with Crippen molar-refractivity contribution >= 4 is 5.97 Å². The Morgan fingerprint density at radius 1 is 1.59 bits per heavy atom. The third kappa shape index (κ3) is 1.07. The van der Waals surface area contributed by atoms with Crippen molar-refractivity contribution < 1.29 is 14.3 Å². The normalized spacial score (nSPS) is 46.8. The Kier molecular flexibility index (Phi) is 1.74. The summed E-state index contributed by atoms with van der Waals surface area (Å²) in [6.07, 6.45) is 8.06. The fraction of sp³-hybridized carbons (Fsp3) is 0.615. The highest BCUT2D eigenvalue weighted by atomic mass is 16.6. The standard InChI is InChI=1S/C13H15NO3/c1-16-10-5-11-13-6-9(14(11)7-10)3-2-8(13)4-12(15)17-13/h2-4,9-11H,5-7H2,1H3/t9-,10-,11+,13+/m0/s1.